The van der Waals surface area contributed by atoms with E-state index in [4.69, 9.17) is 4.74 Å². The Morgan fingerprint density at radius 1 is 1.16 bits per heavy atom. The molecular formula is C16H16NO2+. The summed E-state index contributed by atoms with van der Waals surface area (Å²) < 4.78 is 6.84. The lowest BCUT2D eigenvalue weighted by molar-refractivity contribution is -0.590. The Morgan fingerprint density at radius 2 is 1.89 bits per heavy atom. The first-order valence-electron chi connectivity index (χ1n) is 6.19. The average molecular weight is 254 g/mol. The van der Waals surface area contributed by atoms with E-state index in [9.17, 15) is 4.79 Å². The molecule has 0 saturated heterocycles. The van der Waals surface area contributed by atoms with Gasteiger partial charge in [0, 0.05) is 12.1 Å². The Labute approximate surface area is 112 Å². The summed E-state index contributed by atoms with van der Waals surface area (Å²) in [5.74, 6) is 0.542. The Morgan fingerprint density at radius 3 is 2.63 bits per heavy atom. The van der Waals surface area contributed by atoms with E-state index >= 15 is 0 Å². The highest BCUT2D eigenvalue weighted by molar-refractivity contribution is 5.61. The first-order chi connectivity index (χ1) is 9.31. The van der Waals surface area contributed by atoms with Gasteiger partial charge in [0.05, 0.1) is 6.42 Å². The number of rotatable bonds is 3. The minimum atomic E-state index is -0.397. The maximum Gasteiger partial charge on any atom is 0.607 e. The number of hydrogen-bond donors (Lipinski definition) is 0. The highest BCUT2D eigenvalue weighted by Crippen LogP contribution is 2.08. The molecule has 0 N–H and O–H groups in total. The van der Waals surface area contributed by atoms with E-state index in [0.717, 1.165) is 5.69 Å². The van der Waals surface area contributed by atoms with Gasteiger partial charge in [-0.3, -0.25) is 0 Å². The van der Waals surface area contributed by atoms with Crippen LogP contribution in [0, 0.1) is 0 Å². The third kappa shape index (κ3) is 3.52. The van der Waals surface area contributed by atoms with Crippen LogP contribution in [0.5, 0.6) is 5.75 Å². The molecule has 2 rings (SSSR count). The van der Waals surface area contributed by atoms with Crippen molar-refractivity contribution in [3.05, 3.63) is 72.6 Å². The number of benzene rings is 1. The van der Waals surface area contributed by atoms with Crippen LogP contribution >= 0.6 is 0 Å². The molecule has 0 amide bonds. The van der Waals surface area contributed by atoms with Crippen molar-refractivity contribution < 1.29 is 14.1 Å². The highest BCUT2D eigenvalue weighted by atomic mass is 16.6. The van der Waals surface area contributed by atoms with Gasteiger partial charge in [0.25, 0.3) is 0 Å². The number of para-hydroxylation sites is 1. The molecule has 0 aliphatic carbocycles. The summed E-state index contributed by atoms with van der Waals surface area (Å²) in [6.45, 7) is 1.95. The first-order valence-corrected chi connectivity index (χ1v) is 6.19. The fourth-order valence-electron chi connectivity index (χ4n) is 1.70. The van der Waals surface area contributed by atoms with E-state index in [-0.39, 0.29) is 0 Å². The van der Waals surface area contributed by atoms with Crippen LogP contribution in [0.4, 0.5) is 4.79 Å². The summed E-state index contributed by atoms with van der Waals surface area (Å²) in [5, 5.41) is 0. The Hall–Kier alpha value is -2.42. The van der Waals surface area contributed by atoms with Crippen molar-refractivity contribution >= 4 is 6.09 Å². The van der Waals surface area contributed by atoms with E-state index < -0.39 is 6.09 Å². The van der Waals surface area contributed by atoms with E-state index in [1.54, 1.807) is 18.3 Å². The molecule has 0 aliphatic heterocycles. The molecule has 0 fully saturated rings. The lowest BCUT2D eigenvalue weighted by Crippen LogP contribution is -2.48. The molecule has 0 bridgehead atoms. The van der Waals surface area contributed by atoms with Gasteiger partial charge in [-0.15, -0.1) is 0 Å². The molecule has 1 aromatic carbocycles. The van der Waals surface area contributed by atoms with Gasteiger partial charge in [0.15, 0.2) is 11.9 Å². The normalized spacial score (nSPS) is 10.6. The van der Waals surface area contributed by atoms with E-state index in [1.165, 1.54) is 4.57 Å². The maximum atomic E-state index is 12.1. The van der Waals surface area contributed by atoms with Gasteiger partial charge in [-0.2, -0.15) is 4.79 Å². The summed E-state index contributed by atoms with van der Waals surface area (Å²) in [7, 11) is 0. The number of hydrogen-bond acceptors (Lipinski definition) is 2. The van der Waals surface area contributed by atoms with Crippen LogP contribution in [-0.2, 0) is 6.42 Å². The van der Waals surface area contributed by atoms with Crippen LogP contribution in [0.2, 0.25) is 0 Å². The van der Waals surface area contributed by atoms with Crippen molar-refractivity contribution in [1.29, 1.82) is 0 Å². The second kappa shape index (κ2) is 6.50. The smallest absolute Gasteiger partial charge is 0.372 e. The summed E-state index contributed by atoms with van der Waals surface area (Å²) in [4.78, 5) is 12.1. The number of carbonyl (C=O) groups is 1. The van der Waals surface area contributed by atoms with Gasteiger partial charge in [-0.1, -0.05) is 41.0 Å². The average Bonchev–Trinajstić information content (AvgIpc) is 2.46. The molecule has 0 unspecified atom stereocenters. The van der Waals surface area contributed by atoms with Gasteiger partial charge in [0.2, 0.25) is 0 Å². The molecule has 0 spiro atoms. The standard InChI is InChI=1S/C16H16NO2/c1-2-3-9-14-10-7-8-13-17(14)16(18)19-15-11-5-4-6-12-15/h2-8,10-13H,9H2,1H3/q+1/b3-2+. The number of ether oxygens (including phenoxy) is 1. The summed E-state index contributed by atoms with van der Waals surface area (Å²) in [6.07, 6.45) is 5.97. The molecule has 2 aromatic rings. The molecule has 1 aromatic heterocycles. The topological polar surface area (TPSA) is 30.2 Å². The van der Waals surface area contributed by atoms with Crippen molar-refractivity contribution in [3.63, 3.8) is 0 Å². The number of allylic oxidation sites excluding steroid dienone is 2. The highest BCUT2D eigenvalue weighted by Gasteiger charge is 2.21. The van der Waals surface area contributed by atoms with Gasteiger partial charge in [-0.05, 0) is 19.1 Å². The molecular weight excluding hydrogens is 238 g/mol. The Bertz CT molecular complexity index is 576. The van der Waals surface area contributed by atoms with Crippen LogP contribution < -0.4 is 9.30 Å². The lowest BCUT2D eigenvalue weighted by Gasteiger charge is -2.01. The third-order valence-corrected chi connectivity index (χ3v) is 2.65. The molecule has 0 radical (unpaired) electrons. The van der Waals surface area contributed by atoms with Crippen molar-refractivity contribution in [2.75, 3.05) is 0 Å². The minimum absolute atomic E-state index is 0.397. The van der Waals surface area contributed by atoms with Gasteiger partial charge in [0.1, 0.15) is 5.75 Å². The number of aromatic nitrogens is 1. The predicted octanol–water partition coefficient (Wildman–Crippen LogP) is 3.14. The second-order valence-electron chi connectivity index (χ2n) is 4.02. The molecule has 3 heteroatoms. The van der Waals surface area contributed by atoms with Gasteiger partial charge >= 0.3 is 6.09 Å². The van der Waals surface area contributed by atoms with Gasteiger partial charge < -0.3 is 4.74 Å². The SMILES string of the molecule is C/C=C/Cc1cccc[n+]1C(=O)Oc1ccccc1. The maximum absolute atomic E-state index is 12.1. The molecule has 0 aliphatic rings. The molecule has 19 heavy (non-hydrogen) atoms. The van der Waals surface area contributed by atoms with Crippen LogP contribution in [-0.4, -0.2) is 6.09 Å². The van der Waals surface area contributed by atoms with Gasteiger partial charge in [-0.25, -0.2) is 0 Å². The number of pyridine rings is 1. The quantitative estimate of drug-likeness (QED) is 0.622. The van der Waals surface area contributed by atoms with Crippen LogP contribution in [0.15, 0.2) is 66.9 Å². The van der Waals surface area contributed by atoms with Crippen LogP contribution in [0.25, 0.3) is 0 Å². The lowest BCUT2D eigenvalue weighted by atomic mass is 10.2. The monoisotopic (exact) mass is 254 g/mol. The van der Waals surface area contributed by atoms with Crippen molar-refractivity contribution in [2.45, 2.75) is 13.3 Å². The molecule has 0 atom stereocenters. The van der Waals surface area contributed by atoms with Crippen molar-refractivity contribution in [3.8, 4) is 5.75 Å². The van der Waals surface area contributed by atoms with Crippen LogP contribution in [0.1, 0.15) is 12.6 Å². The first kappa shape index (κ1) is 13.0. The van der Waals surface area contributed by atoms with Crippen LogP contribution in [0.3, 0.4) is 0 Å². The molecule has 1 heterocycles. The van der Waals surface area contributed by atoms with Crippen molar-refractivity contribution in [2.24, 2.45) is 0 Å². The van der Waals surface area contributed by atoms with E-state index in [0.29, 0.717) is 12.2 Å². The molecule has 3 nitrogen and oxygen atoms in total. The Kier molecular flexibility index (Phi) is 4.45. The van der Waals surface area contributed by atoms with E-state index in [1.807, 2.05) is 55.5 Å². The second-order valence-corrected chi connectivity index (χ2v) is 4.02. The zero-order chi connectivity index (χ0) is 13.5. The van der Waals surface area contributed by atoms with E-state index in [2.05, 4.69) is 0 Å². The zero-order valence-corrected chi connectivity index (χ0v) is 10.8. The Balaban J connectivity index is 2.19. The summed E-state index contributed by atoms with van der Waals surface area (Å²) in [5.41, 5.74) is 0.890. The van der Waals surface area contributed by atoms with Crippen molar-refractivity contribution in [1.82, 2.24) is 0 Å². The fraction of sp³-hybridized carbons (Fsp3) is 0.125. The molecule has 0 saturated carbocycles. The fourth-order valence-corrected chi connectivity index (χ4v) is 1.70. The number of carbonyl (C=O) groups excluding carboxylic acids is 1. The number of nitrogens with zero attached hydrogens (tertiary/aromatic N) is 1. The summed E-state index contributed by atoms with van der Waals surface area (Å²) >= 11 is 0. The minimum Gasteiger partial charge on any atom is -0.372 e. The largest absolute Gasteiger partial charge is 0.607 e. The third-order valence-electron chi connectivity index (χ3n) is 2.65. The summed E-state index contributed by atoms with van der Waals surface area (Å²) in [6, 6.07) is 14.7. The predicted molar refractivity (Wildman–Crippen MR) is 73.0 cm³/mol. The zero-order valence-electron chi connectivity index (χ0n) is 10.8. The molecule has 96 valence electrons.